The first-order valence-corrected chi connectivity index (χ1v) is 9.45. The van der Waals surface area contributed by atoms with Crippen LogP contribution >= 0.6 is 23.2 Å². The van der Waals surface area contributed by atoms with Crippen molar-refractivity contribution in [3.05, 3.63) is 27.7 Å². The van der Waals surface area contributed by atoms with Crippen molar-refractivity contribution in [3.8, 4) is 5.75 Å². The van der Waals surface area contributed by atoms with Crippen molar-refractivity contribution in [2.75, 3.05) is 26.2 Å². The summed E-state index contributed by atoms with van der Waals surface area (Å²) >= 11 is 12.4. The maximum absolute atomic E-state index is 12.5. The number of rotatable bonds is 3. The molecule has 2 saturated heterocycles. The van der Waals surface area contributed by atoms with E-state index in [1.165, 1.54) is 11.0 Å². The average Bonchev–Trinajstić information content (AvgIpc) is 2.63. The number of benzene rings is 1. The molecule has 2 amide bonds. The number of piperidine rings is 1. The summed E-state index contributed by atoms with van der Waals surface area (Å²) in [5.74, 6) is -0.770. The van der Waals surface area contributed by atoms with E-state index in [0.29, 0.717) is 41.5 Å². The van der Waals surface area contributed by atoms with Crippen LogP contribution in [0.2, 0.25) is 10.0 Å². The second-order valence-corrected chi connectivity index (χ2v) is 7.84. The Morgan fingerprint density at radius 1 is 1.38 bits per heavy atom. The van der Waals surface area contributed by atoms with E-state index in [-0.39, 0.29) is 42.7 Å². The molecule has 0 aliphatic carbocycles. The Hall–Kier alpha value is -1.50. The number of fused-ring (bicyclic) bond motifs is 1. The van der Waals surface area contributed by atoms with Crippen molar-refractivity contribution in [3.63, 3.8) is 0 Å². The summed E-state index contributed by atoms with van der Waals surface area (Å²) in [6.45, 7) is 2.42. The minimum absolute atomic E-state index is 0.0411. The molecule has 0 radical (unpaired) electrons. The average molecular weight is 401 g/mol. The molecule has 0 bridgehead atoms. The van der Waals surface area contributed by atoms with Gasteiger partial charge in [-0.1, -0.05) is 30.1 Å². The highest BCUT2D eigenvalue weighted by Gasteiger charge is 2.40. The lowest BCUT2D eigenvalue weighted by atomic mass is 9.83. The summed E-state index contributed by atoms with van der Waals surface area (Å²) < 4.78 is 0. The molecule has 1 aromatic rings. The maximum Gasteiger partial charge on any atom is 0.242 e. The van der Waals surface area contributed by atoms with Gasteiger partial charge in [-0.25, -0.2) is 0 Å². The first-order chi connectivity index (χ1) is 12.3. The molecule has 2 aliphatic heterocycles. The highest BCUT2D eigenvalue weighted by atomic mass is 35.5. The molecule has 2 heterocycles. The number of aliphatic hydroxyl groups excluding tert-OH is 1. The molecular weight excluding hydrogens is 379 g/mol. The van der Waals surface area contributed by atoms with Crippen LogP contribution in [0.3, 0.4) is 0 Å². The molecule has 6 nitrogen and oxygen atoms in total. The Balaban J connectivity index is 1.81. The van der Waals surface area contributed by atoms with Crippen molar-refractivity contribution in [1.29, 1.82) is 0 Å². The third-order valence-corrected chi connectivity index (χ3v) is 6.14. The Bertz CT molecular complexity index is 727. The molecule has 0 unspecified atom stereocenters. The van der Waals surface area contributed by atoms with Gasteiger partial charge >= 0.3 is 0 Å². The van der Waals surface area contributed by atoms with E-state index in [1.54, 1.807) is 17.9 Å². The van der Waals surface area contributed by atoms with Gasteiger partial charge in [-0.2, -0.15) is 0 Å². The molecule has 1 aromatic carbocycles. The van der Waals surface area contributed by atoms with Gasteiger partial charge < -0.3 is 20.0 Å². The zero-order chi connectivity index (χ0) is 19.0. The summed E-state index contributed by atoms with van der Waals surface area (Å²) in [7, 11) is 0. The number of carbonyl (C=O) groups is 2. The molecule has 0 saturated carbocycles. The molecule has 2 N–H and O–H groups in total. The third-order valence-electron chi connectivity index (χ3n) is 5.32. The lowest BCUT2D eigenvalue weighted by Crippen LogP contribution is -2.60. The van der Waals surface area contributed by atoms with Crippen LogP contribution < -0.4 is 0 Å². The fourth-order valence-corrected chi connectivity index (χ4v) is 4.37. The van der Waals surface area contributed by atoms with Crippen molar-refractivity contribution in [2.45, 2.75) is 31.7 Å². The predicted molar refractivity (Wildman–Crippen MR) is 98.4 cm³/mol. The molecule has 2 fully saturated rings. The standard InChI is InChI=1S/C18H22Cl2N2O4/c1-10(9-23)18(26)21-7-12-6-11(4-5-22(12)15(25)8-21)16-14(24)3-2-13(19)17(16)20/h2-3,10-12,23-24H,4-9H2,1H3/t10-,11-,12+/m0/s1. The second-order valence-electron chi connectivity index (χ2n) is 7.06. The fraction of sp³-hybridized carbons (Fsp3) is 0.556. The van der Waals surface area contributed by atoms with Crippen LogP contribution in [0, 0.1) is 5.92 Å². The van der Waals surface area contributed by atoms with Crippen molar-refractivity contribution in [1.82, 2.24) is 9.80 Å². The number of hydrogen-bond acceptors (Lipinski definition) is 4. The van der Waals surface area contributed by atoms with E-state index in [1.807, 2.05) is 0 Å². The van der Waals surface area contributed by atoms with E-state index in [2.05, 4.69) is 0 Å². The minimum atomic E-state index is -0.528. The van der Waals surface area contributed by atoms with Gasteiger partial charge in [0, 0.05) is 24.7 Å². The van der Waals surface area contributed by atoms with Gasteiger partial charge in [0.25, 0.3) is 0 Å². The zero-order valence-electron chi connectivity index (χ0n) is 14.5. The highest BCUT2D eigenvalue weighted by Crippen LogP contribution is 2.43. The third kappa shape index (κ3) is 3.50. The number of aromatic hydroxyl groups is 1. The number of carbonyl (C=O) groups excluding carboxylic acids is 2. The quantitative estimate of drug-likeness (QED) is 0.814. The Morgan fingerprint density at radius 2 is 2.12 bits per heavy atom. The van der Waals surface area contributed by atoms with E-state index >= 15 is 0 Å². The molecule has 3 rings (SSSR count). The van der Waals surface area contributed by atoms with E-state index < -0.39 is 5.92 Å². The van der Waals surface area contributed by atoms with Gasteiger partial charge in [0.2, 0.25) is 11.8 Å². The molecule has 2 aliphatic rings. The number of aliphatic hydroxyl groups is 1. The molecule has 8 heteroatoms. The normalized spacial score (nSPS) is 24.4. The van der Waals surface area contributed by atoms with Gasteiger partial charge in [-0.15, -0.1) is 0 Å². The zero-order valence-corrected chi connectivity index (χ0v) is 16.0. The summed E-state index contributed by atoms with van der Waals surface area (Å²) in [5, 5.41) is 20.2. The van der Waals surface area contributed by atoms with Crippen LogP contribution in [0.1, 0.15) is 31.2 Å². The minimum Gasteiger partial charge on any atom is -0.508 e. The first-order valence-electron chi connectivity index (χ1n) is 8.69. The number of nitrogens with zero attached hydrogens (tertiary/aromatic N) is 2. The largest absolute Gasteiger partial charge is 0.508 e. The van der Waals surface area contributed by atoms with Gasteiger partial charge in [0.15, 0.2) is 0 Å². The van der Waals surface area contributed by atoms with E-state index in [0.717, 1.165) is 0 Å². The van der Waals surface area contributed by atoms with E-state index in [4.69, 9.17) is 23.2 Å². The maximum atomic E-state index is 12.5. The van der Waals surface area contributed by atoms with E-state index in [9.17, 15) is 19.8 Å². The lowest BCUT2D eigenvalue weighted by molar-refractivity contribution is -0.152. The molecule has 0 spiro atoms. The van der Waals surface area contributed by atoms with Crippen molar-refractivity contribution in [2.24, 2.45) is 5.92 Å². The Labute approximate surface area is 162 Å². The van der Waals surface area contributed by atoms with Crippen LogP contribution in [0.15, 0.2) is 12.1 Å². The molecule has 26 heavy (non-hydrogen) atoms. The van der Waals surface area contributed by atoms with Crippen LogP contribution in [0.4, 0.5) is 0 Å². The topological polar surface area (TPSA) is 81.1 Å². The molecule has 3 atom stereocenters. The summed E-state index contributed by atoms with van der Waals surface area (Å²) in [6, 6.07) is 2.94. The van der Waals surface area contributed by atoms with Gasteiger partial charge in [0.1, 0.15) is 5.75 Å². The summed E-state index contributed by atoms with van der Waals surface area (Å²) in [5.41, 5.74) is 0.610. The van der Waals surface area contributed by atoms with Crippen LogP contribution in [0.5, 0.6) is 5.75 Å². The number of piperazine rings is 1. The number of hydrogen-bond donors (Lipinski definition) is 2. The number of phenolic OH excluding ortho intramolecular Hbond substituents is 1. The summed E-state index contributed by atoms with van der Waals surface area (Å²) in [6.07, 6.45) is 1.27. The number of halogens is 2. The number of amides is 2. The molecule has 0 aromatic heterocycles. The van der Waals surface area contributed by atoms with Gasteiger partial charge in [-0.3, -0.25) is 9.59 Å². The highest BCUT2D eigenvalue weighted by molar-refractivity contribution is 6.42. The summed E-state index contributed by atoms with van der Waals surface area (Å²) in [4.78, 5) is 28.2. The first kappa shape index (κ1) is 19.3. The van der Waals surface area contributed by atoms with Crippen LogP contribution in [-0.4, -0.2) is 64.1 Å². The van der Waals surface area contributed by atoms with Crippen LogP contribution in [-0.2, 0) is 9.59 Å². The number of phenols is 1. The molecular formula is C18H22Cl2N2O4. The molecule has 142 valence electrons. The smallest absolute Gasteiger partial charge is 0.242 e. The van der Waals surface area contributed by atoms with Gasteiger partial charge in [-0.05, 0) is 30.9 Å². The fourth-order valence-electron chi connectivity index (χ4n) is 3.89. The SMILES string of the molecule is C[C@@H](CO)C(=O)N1CC(=O)N2CC[C@H](c3c(O)ccc(Cl)c3Cl)C[C@@H]2C1. The Morgan fingerprint density at radius 3 is 2.81 bits per heavy atom. The Kier molecular flexibility index (Phi) is 5.65. The van der Waals surface area contributed by atoms with Crippen molar-refractivity contribution < 1.29 is 19.8 Å². The van der Waals surface area contributed by atoms with Crippen LogP contribution in [0.25, 0.3) is 0 Å². The van der Waals surface area contributed by atoms with Gasteiger partial charge in [0.05, 0.1) is 29.1 Å². The second kappa shape index (κ2) is 7.62. The van der Waals surface area contributed by atoms with Crippen molar-refractivity contribution >= 4 is 35.0 Å². The lowest BCUT2D eigenvalue weighted by Gasteiger charge is -2.46. The predicted octanol–water partition coefficient (Wildman–Crippen LogP) is 2.24. The monoisotopic (exact) mass is 400 g/mol.